The van der Waals surface area contributed by atoms with Crippen molar-refractivity contribution in [2.75, 3.05) is 20.2 Å². The van der Waals surface area contributed by atoms with Gasteiger partial charge in [0.2, 0.25) is 0 Å². The first-order valence-corrected chi connectivity index (χ1v) is 6.67. The number of aliphatic carboxylic acids is 1. The normalized spacial score (nSPS) is 29.5. The molecule has 0 radical (unpaired) electrons. The summed E-state index contributed by atoms with van der Waals surface area (Å²) in [6, 6.07) is 0.457. The second kappa shape index (κ2) is 5.83. The van der Waals surface area contributed by atoms with E-state index < -0.39 is 5.97 Å². The van der Waals surface area contributed by atoms with Crippen LogP contribution in [-0.4, -0.2) is 48.3 Å². The van der Waals surface area contributed by atoms with E-state index in [1.54, 1.807) is 7.11 Å². The first-order valence-electron chi connectivity index (χ1n) is 6.67. The van der Waals surface area contributed by atoms with Crippen LogP contribution in [0, 0.1) is 5.92 Å². The van der Waals surface area contributed by atoms with Crippen molar-refractivity contribution in [2.24, 2.45) is 5.92 Å². The highest BCUT2D eigenvalue weighted by atomic mass is 16.5. The number of rotatable bonds is 6. The highest BCUT2D eigenvalue weighted by molar-refractivity contribution is 5.69. The molecule has 0 bridgehead atoms. The van der Waals surface area contributed by atoms with Crippen LogP contribution in [-0.2, 0) is 9.53 Å². The Morgan fingerprint density at radius 1 is 1.24 bits per heavy atom. The van der Waals surface area contributed by atoms with Gasteiger partial charge in [0, 0.05) is 19.7 Å². The Kier molecular flexibility index (Phi) is 4.40. The maximum absolute atomic E-state index is 10.9. The van der Waals surface area contributed by atoms with Gasteiger partial charge in [-0.1, -0.05) is 0 Å². The Morgan fingerprint density at radius 2 is 1.88 bits per heavy atom. The molecule has 0 aromatic carbocycles. The summed E-state index contributed by atoms with van der Waals surface area (Å²) in [6.07, 6.45) is 7.26. The first kappa shape index (κ1) is 12.8. The lowest BCUT2D eigenvalue weighted by Crippen LogP contribution is -2.43. The Morgan fingerprint density at radius 3 is 2.35 bits per heavy atom. The lowest BCUT2D eigenvalue weighted by molar-refractivity contribution is -0.139. The fourth-order valence-electron chi connectivity index (χ4n) is 2.79. The fourth-order valence-corrected chi connectivity index (χ4v) is 2.79. The van der Waals surface area contributed by atoms with Crippen LogP contribution in [0.1, 0.15) is 38.5 Å². The zero-order valence-electron chi connectivity index (χ0n) is 10.6. The van der Waals surface area contributed by atoms with Gasteiger partial charge in [-0.3, -0.25) is 9.69 Å². The lowest BCUT2D eigenvalue weighted by Gasteiger charge is -2.35. The van der Waals surface area contributed by atoms with Gasteiger partial charge < -0.3 is 9.84 Å². The van der Waals surface area contributed by atoms with Gasteiger partial charge in [0.15, 0.2) is 0 Å². The number of carboxylic acid groups (broad SMARTS) is 1. The molecular weight excluding hydrogens is 218 g/mol. The van der Waals surface area contributed by atoms with Crippen LogP contribution in [0.3, 0.4) is 0 Å². The smallest absolute Gasteiger partial charge is 0.317 e. The number of carboxylic acids is 1. The summed E-state index contributed by atoms with van der Waals surface area (Å²) < 4.78 is 5.36. The Balaban J connectivity index is 1.83. The quantitative estimate of drug-likeness (QED) is 0.769. The maximum atomic E-state index is 10.9. The summed E-state index contributed by atoms with van der Waals surface area (Å²) in [5, 5.41) is 8.98. The van der Waals surface area contributed by atoms with Gasteiger partial charge in [-0.25, -0.2) is 0 Å². The number of carbonyl (C=O) groups is 1. The van der Waals surface area contributed by atoms with Crippen LogP contribution in [0.2, 0.25) is 0 Å². The summed E-state index contributed by atoms with van der Waals surface area (Å²) in [6.45, 7) is 1.19. The molecule has 2 aliphatic carbocycles. The molecule has 4 nitrogen and oxygen atoms in total. The Labute approximate surface area is 103 Å². The van der Waals surface area contributed by atoms with E-state index in [1.165, 1.54) is 12.8 Å². The topological polar surface area (TPSA) is 49.8 Å². The van der Waals surface area contributed by atoms with E-state index in [-0.39, 0.29) is 6.54 Å². The SMILES string of the molecule is COC1CCC(N(CC(=O)O)CC2CC2)CC1. The lowest BCUT2D eigenvalue weighted by atomic mass is 9.91. The summed E-state index contributed by atoms with van der Waals surface area (Å²) in [5.74, 6) is 0.0639. The van der Waals surface area contributed by atoms with Crippen LogP contribution >= 0.6 is 0 Å². The molecule has 2 fully saturated rings. The van der Waals surface area contributed by atoms with Crippen molar-refractivity contribution < 1.29 is 14.6 Å². The van der Waals surface area contributed by atoms with E-state index in [0.29, 0.717) is 12.1 Å². The summed E-state index contributed by atoms with van der Waals surface area (Å²) in [7, 11) is 1.77. The molecule has 2 aliphatic rings. The second-order valence-electron chi connectivity index (χ2n) is 5.43. The van der Waals surface area contributed by atoms with Crippen molar-refractivity contribution in [2.45, 2.75) is 50.7 Å². The van der Waals surface area contributed by atoms with Crippen molar-refractivity contribution >= 4 is 5.97 Å². The molecule has 4 heteroatoms. The molecule has 2 saturated carbocycles. The van der Waals surface area contributed by atoms with Gasteiger partial charge in [0.1, 0.15) is 0 Å². The van der Waals surface area contributed by atoms with Crippen LogP contribution < -0.4 is 0 Å². The van der Waals surface area contributed by atoms with Crippen molar-refractivity contribution in [3.05, 3.63) is 0 Å². The van der Waals surface area contributed by atoms with E-state index >= 15 is 0 Å². The predicted molar refractivity (Wildman–Crippen MR) is 65.0 cm³/mol. The number of hydrogen-bond donors (Lipinski definition) is 1. The Bertz CT molecular complexity index is 257. The molecule has 0 spiro atoms. The molecule has 17 heavy (non-hydrogen) atoms. The van der Waals surface area contributed by atoms with Crippen LogP contribution in [0.4, 0.5) is 0 Å². The largest absolute Gasteiger partial charge is 0.480 e. The van der Waals surface area contributed by atoms with Crippen LogP contribution in [0.15, 0.2) is 0 Å². The van der Waals surface area contributed by atoms with Gasteiger partial charge in [0.05, 0.1) is 12.6 Å². The number of ether oxygens (including phenoxy) is 1. The third-order valence-corrected chi connectivity index (χ3v) is 4.02. The average molecular weight is 241 g/mol. The predicted octanol–water partition coefficient (Wildman–Crippen LogP) is 1.74. The molecule has 1 N–H and O–H groups in total. The molecular formula is C13H23NO3. The summed E-state index contributed by atoms with van der Waals surface area (Å²) in [4.78, 5) is 13.1. The van der Waals surface area contributed by atoms with Crippen molar-refractivity contribution in [1.29, 1.82) is 0 Å². The minimum absolute atomic E-state index is 0.207. The van der Waals surface area contributed by atoms with E-state index in [0.717, 1.165) is 38.1 Å². The molecule has 0 saturated heterocycles. The Hall–Kier alpha value is -0.610. The number of hydrogen-bond acceptors (Lipinski definition) is 3. The van der Waals surface area contributed by atoms with E-state index in [1.807, 2.05) is 0 Å². The molecule has 0 aliphatic heterocycles. The van der Waals surface area contributed by atoms with E-state index in [9.17, 15) is 4.79 Å². The van der Waals surface area contributed by atoms with Crippen LogP contribution in [0.5, 0.6) is 0 Å². The second-order valence-corrected chi connectivity index (χ2v) is 5.43. The van der Waals surface area contributed by atoms with Crippen molar-refractivity contribution in [3.8, 4) is 0 Å². The maximum Gasteiger partial charge on any atom is 0.317 e. The molecule has 0 heterocycles. The first-order chi connectivity index (χ1) is 8.19. The zero-order valence-corrected chi connectivity index (χ0v) is 10.6. The summed E-state index contributed by atoms with van der Waals surface area (Å²) >= 11 is 0. The summed E-state index contributed by atoms with van der Waals surface area (Å²) in [5.41, 5.74) is 0. The molecule has 2 rings (SSSR count). The third-order valence-electron chi connectivity index (χ3n) is 4.02. The van der Waals surface area contributed by atoms with Crippen molar-refractivity contribution in [3.63, 3.8) is 0 Å². The van der Waals surface area contributed by atoms with E-state index in [4.69, 9.17) is 9.84 Å². The standard InChI is InChI=1S/C13H23NO3/c1-17-12-6-4-11(5-7-12)14(9-13(15)16)8-10-2-3-10/h10-12H,2-9H2,1H3,(H,15,16). The molecule has 0 amide bonds. The van der Waals surface area contributed by atoms with Crippen molar-refractivity contribution in [1.82, 2.24) is 4.90 Å². The minimum Gasteiger partial charge on any atom is -0.480 e. The fraction of sp³-hybridized carbons (Fsp3) is 0.923. The highest BCUT2D eigenvalue weighted by Gasteiger charge is 2.31. The molecule has 0 unspecified atom stereocenters. The molecule has 0 aromatic rings. The monoisotopic (exact) mass is 241 g/mol. The number of methoxy groups -OCH3 is 1. The minimum atomic E-state index is -0.695. The van der Waals surface area contributed by atoms with Gasteiger partial charge >= 0.3 is 5.97 Å². The molecule has 0 atom stereocenters. The number of nitrogens with zero attached hydrogens (tertiary/aromatic N) is 1. The average Bonchev–Trinajstić information content (AvgIpc) is 3.12. The van der Waals surface area contributed by atoms with Gasteiger partial charge in [0.25, 0.3) is 0 Å². The molecule has 98 valence electrons. The van der Waals surface area contributed by atoms with E-state index in [2.05, 4.69) is 4.90 Å². The molecule has 0 aromatic heterocycles. The van der Waals surface area contributed by atoms with Gasteiger partial charge in [-0.15, -0.1) is 0 Å². The highest BCUT2D eigenvalue weighted by Crippen LogP contribution is 2.32. The zero-order chi connectivity index (χ0) is 12.3. The van der Waals surface area contributed by atoms with Gasteiger partial charge in [-0.2, -0.15) is 0 Å². The van der Waals surface area contributed by atoms with Crippen LogP contribution in [0.25, 0.3) is 0 Å². The third kappa shape index (κ3) is 3.96. The van der Waals surface area contributed by atoms with Gasteiger partial charge in [-0.05, 0) is 44.4 Å².